The van der Waals surface area contributed by atoms with E-state index < -0.39 is 10.0 Å². The molecule has 0 radical (unpaired) electrons. The SMILES string of the molecule is COc1cccc(S(=O)(=O)N2CCC(Oc3cccc4cccnc34)C2)c1. The Kier molecular flexibility index (Phi) is 4.72. The van der Waals surface area contributed by atoms with Gasteiger partial charge in [0.05, 0.1) is 18.6 Å². The van der Waals surface area contributed by atoms with Gasteiger partial charge in [0.1, 0.15) is 23.1 Å². The summed E-state index contributed by atoms with van der Waals surface area (Å²) < 4.78 is 38.5. The third-order valence-corrected chi connectivity index (χ3v) is 6.54. The maximum absolute atomic E-state index is 12.9. The highest BCUT2D eigenvalue weighted by Gasteiger charge is 2.34. The first kappa shape index (κ1) is 17.8. The Morgan fingerprint density at radius 1 is 1.11 bits per heavy atom. The standard InChI is InChI=1S/C20H20N2O4S/c1-25-16-7-3-8-18(13-16)27(23,24)22-12-10-17(14-22)26-19-9-2-5-15-6-4-11-21-20(15)19/h2-9,11,13,17H,10,12,14H2,1H3. The zero-order valence-electron chi connectivity index (χ0n) is 14.9. The molecular formula is C20H20N2O4S. The molecule has 1 saturated heterocycles. The molecule has 6 nitrogen and oxygen atoms in total. The number of methoxy groups -OCH3 is 1. The van der Waals surface area contributed by atoms with Gasteiger partial charge in [-0.2, -0.15) is 4.31 Å². The van der Waals surface area contributed by atoms with Crippen molar-refractivity contribution in [2.45, 2.75) is 17.4 Å². The number of nitrogens with zero attached hydrogens (tertiary/aromatic N) is 2. The lowest BCUT2D eigenvalue weighted by Gasteiger charge is -2.18. The summed E-state index contributed by atoms with van der Waals surface area (Å²) in [4.78, 5) is 4.62. The van der Waals surface area contributed by atoms with E-state index in [1.54, 1.807) is 24.4 Å². The van der Waals surface area contributed by atoms with Gasteiger partial charge in [0, 0.05) is 24.2 Å². The van der Waals surface area contributed by atoms with Crippen LogP contribution in [0.25, 0.3) is 10.9 Å². The molecule has 1 aliphatic rings. The first-order chi connectivity index (χ1) is 13.1. The molecule has 0 bridgehead atoms. The number of pyridine rings is 1. The highest BCUT2D eigenvalue weighted by molar-refractivity contribution is 7.89. The molecule has 0 aliphatic carbocycles. The lowest BCUT2D eigenvalue weighted by atomic mass is 10.2. The Balaban J connectivity index is 1.53. The maximum Gasteiger partial charge on any atom is 0.243 e. The van der Waals surface area contributed by atoms with Crippen molar-refractivity contribution in [1.82, 2.24) is 9.29 Å². The number of para-hydroxylation sites is 1. The summed E-state index contributed by atoms with van der Waals surface area (Å²) in [5.74, 6) is 1.20. The van der Waals surface area contributed by atoms with E-state index in [-0.39, 0.29) is 11.0 Å². The number of aromatic nitrogens is 1. The monoisotopic (exact) mass is 384 g/mol. The second-order valence-corrected chi connectivity index (χ2v) is 8.34. The van der Waals surface area contributed by atoms with Gasteiger partial charge in [-0.1, -0.05) is 24.3 Å². The molecule has 0 N–H and O–H groups in total. The van der Waals surface area contributed by atoms with Crippen molar-refractivity contribution in [2.75, 3.05) is 20.2 Å². The van der Waals surface area contributed by atoms with E-state index in [1.165, 1.54) is 17.5 Å². The average molecular weight is 384 g/mol. The molecule has 0 saturated carbocycles. The minimum absolute atomic E-state index is 0.210. The molecule has 27 heavy (non-hydrogen) atoms. The van der Waals surface area contributed by atoms with Gasteiger partial charge in [0.15, 0.2) is 0 Å². The summed E-state index contributed by atoms with van der Waals surface area (Å²) in [7, 11) is -2.06. The summed E-state index contributed by atoms with van der Waals surface area (Å²) >= 11 is 0. The van der Waals surface area contributed by atoms with Gasteiger partial charge in [-0.05, 0) is 30.7 Å². The molecule has 4 rings (SSSR count). The van der Waals surface area contributed by atoms with Gasteiger partial charge in [0.25, 0.3) is 0 Å². The fraction of sp³-hybridized carbons (Fsp3) is 0.250. The third kappa shape index (κ3) is 3.48. The molecule has 1 fully saturated rings. The molecule has 3 aromatic rings. The highest BCUT2D eigenvalue weighted by atomic mass is 32.2. The van der Waals surface area contributed by atoms with Crippen LogP contribution in [0.4, 0.5) is 0 Å². The van der Waals surface area contributed by atoms with Crippen LogP contribution in [0.1, 0.15) is 6.42 Å². The van der Waals surface area contributed by atoms with Gasteiger partial charge in [-0.15, -0.1) is 0 Å². The van der Waals surface area contributed by atoms with Crippen molar-refractivity contribution >= 4 is 20.9 Å². The van der Waals surface area contributed by atoms with Crippen molar-refractivity contribution in [3.8, 4) is 11.5 Å². The summed E-state index contributed by atoms with van der Waals surface area (Å²) in [6.45, 7) is 0.727. The van der Waals surface area contributed by atoms with Crippen molar-refractivity contribution < 1.29 is 17.9 Å². The number of hydrogen-bond acceptors (Lipinski definition) is 5. The highest BCUT2D eigenvalue weighted by Crippen LogP contribution is 2.29. The van der Waals surface area contributed by atoms with E-state index in [1.807, 2.05) is 30.3 Å². The number of hydrogen-bond donors (Lipinski definition) is 0. The normalized spacial score (nSPS) is 17.9. The van der Waals surface area contributed by atoms with Crippen molar-refractivity contribution in [1.29, 1.82) is 0 Å². The minimum atomic E-state index is -3.58. The zero-order chi connectivity index (χ0) is 18.9. The fourth-order valence-electron chi connectivity index (χ4n) is 3.27. The fourth-order valence-corrected chi connectivity index (χ4v) is 4.80. The smallest absolute Gasteiger partial charge is 0.243 e. The minimum Gasteiger partial charge on any atom is -0.497 e. The molecule has 1 unspecified atom stereocenters. The molecule has 2 aromatic carbocycles. The van der Waals surface area contributed by atoms with E-state index in [0.29, 0.717) is 31.0 Å². The topological polar surface area (TPSA) is 68.7 Å². The Hall–Kier alpha value is -2.64. The van der Waals surface area contributed by atoms with Crippen LogP contribution in [0.2, 0.25) is 0 Å². The van der Waals surface area contributed by atoms with Crippen LogP contribution in [0.15, 0.2) is 65.7 Å². The Morgan fingerprint density at radius 2 is 1.93 bits per heavy atom. The van der Waals surface area contributed by atoms with Gasteiger partial charge in [-0.3, -0.25) is 4.98 Å². The summed E-state index contributed by atoms with van der Waals surface area (Å²) in [5.41, 5.74) is 0.786. The number of rotatable bonds is 5. The van der Waals surface area contributed by atoms with Crippen molar-refractivity contribution in [2.24, 2.45) is 0 Å². The Morgan fingerprint density at radius 3 is 2.78 bits per heavy atom. The van der Waals surface area contributed by atoms with E-state index in [4.69, 9.17) is 9.47 Å². The van der Waals surface area contributed by atoms with Crippen LogP contribution >= 0.6 is 0 Å². The van der Waals surface area contributed by atoms with E-state index in [2.05, 4.69) is 4.98 Å². The van der Waals surface area contributed by atoms with Crippen molar-refractivity contribution in [3.05, 3.63) is 60.8 Å². The van der Waals surface area contributed by atoms with Crippen LogP contribution in [0.5, 0.6) is 11.5 Å². The Labute approximate surface area is 158 Å². The van der Waals surface area contributed by atoms with Gasteiger partial charge in [0.2, 0.25) is 10.0 Å². The van der Waals surface area contributed by atoms with E-state index in [0.717, 1.165) is 10.9 Å². The first-order valence-electron chi connectivity index (χ1n) is 8.72. The molecular weight excluding hydrogens is 364 g/mol. The predicted molar refractivity (Wildman–Crippen MR) is 103 cm³/mol. The molecule has 2 heterocycles. The number of sulfonamides is 1. The largest absolute Gasteiger partial charge is 0.497 e. The van der Waals surface area contributed by atoms with Crippen LogP contribution in [-0.4, -0.2) is 44.0 Å². The quantitative estimate of drug-likeness (QED) is 0.676. The number of fused-ring (bicyclic) bond motifs is 1. The first-order valence-corrected chi connectivity index (χ1v) is 10.2. The van der Waals surface area contributed by atoms with Crippen LogP contribution in [0.3, 0.4) is 0 Å². The van der Waals surface area contributed by atoms with E-state index >= 15 is 0 Å². The average Bonchev–Trinajstić information content (AvgIpc) is 3.18. The van der Waals surface area contributed by atoms with E-state index in [9.17, 15) is 8.42 Å². The molecule has 1 atom stereocenters. The predicted octanol–water partition coefficient (Wildman–Crippen LogP) is 3.09. The van der Waals surface area contributed by atoms with Crippen LogP contribution in [0, 0.1) is 0 Å². The Bertz CT molecular complexity index is 1060. The van der Waals surface area contributed by atoms with Crippen LogP contribution < -0.4 is 9.47 Å². The molecule has 7 heteroatoms. The molecule has 140 valence electrons. The van der Waals surface area contributed by atoms with Gasteiger partial charge >= 0.3 is 0 Å². The zero-order valence-corrected chi connectivity index (χ0v) is 15.7. The maximum atomic E-state index is 12.9. The number of ether oxygens (including phenoxy) is 2. The van der Waals surface area contributed by atoms with Crippen LogP contribution in [-0.2, 0) is 10.0 Å². The van der Waals surface area contributed by atoms with Gasteiger partial charge < -0.3 is 9.47 Å². The lowest BCUT2D eigenvalue weighted by Crippen LogP contribution is -2.31. The van der Waals surface area contributed by atoms with Crippen molar-refractivity contribution in [3.63, 3.8) is 0 Å². The summed E-state index contributed by atoms with van der Waals surface area (Å²) in [6, 6.07) is 16.1. The second kappa shape index (κ2) is 7.17. The van der Waals surface area contributed by atoms with Gasteiger partial charge in [-0.25, -0.2) is 8.42 Å². The molecule has 1 aromatic heterocycles. The second-order valence-electron chi connectivity index (χ2n) is 6.40. The third-order valence-electron chi connectivity index (χ3n) is 4.68. The summed E-state index contributed by atoms with van der Waals surface area (Å²) in [6.07, 6.45) is 2.15. The number of benzene rings is 2. The summed E-state index contributed by atoms with van der Waals surface area (Å²) in [5, 5.41) is 0.994. The molecule has 0 spiro atoms. The molecule has 0 amide bonds. The lowest BCUT2D eigenvalue weighted by molar-refractivity contribution is 0.218. The molecule has 1 aliphatic heterocycles.